The molecule has 7 N–H and O–H groups in total. The number of likely N-dealkylation sites (tertiary alicyclic amines) is 1. The van der Waals surface area contributed by atoms with Crippen LogP contribution < -0.4 is 27.0 Å². The molecule has 0 radical (unpaired) electrons. The van der Waals surface area contributed by atoms with Crippen LogP contribution in [-0.2, 0) is 28.8 Å². The Bertz CT molecular complexity index is 816. The van der Waals surface area contributed by atoms with E-state index in [1.165, 1.54) is 11.8 Å². The fourth-order valence-corrected chi connectivity index (χ4v) is 3.54. The van der Waals surface area contributed by atoms with Crippen LogP contribution in [0.5, 0.6) is 0 Å². The van der Waals surface area contributed by atoms with Gasteiger partial charge in [0.2, 0.25) is 29.5 Å². The molecule has 0 aromatic carbocycles. The van der Waals surface area contributed by atoms with Crippen molar-refractivity contribution >= 4 is 35.5 Å². The smallest absolute Gasteiger partial charge is 0.322 e. The van der Waals surface area contributed by atoms with Gasteiger partial charge in [-0.05, 0) is 31.6 Å². The van der Waals surface area contributed by atoms with Crippen molar-refractivity contribution < 1.29 is 33.9 Å². The van der Waals surface area contributed by atoms with Crippen molar-refractivity contribution in [3.05, 3.63) is 0 Å². The molecule has 1 aliphatic heterocycles. The van der Waals surface area contributed by atoms with Crippen molar-refractivity contribution in [1.82, 2.24) is 26.2 Å². The summed E-state index contributed by atoms with van der Waals surface area (Å²) < 4.78 is 0. The summed E-state index contributed by atoms with van der Waals surface area (Å²) in [6.07, 6.45) is 0.985. The number of nitrogens with zero attached hydrogens (tertiary/aromatic N) is 1. The number of carbonyl (C=O) groups excluding carboxylic acids is 5. The summed E-state index contributed by atoms with van der Waals surface area (Å²) in [5.41, 5.74) is 5.82. The molecule has 0 spiro atoms. The summed E-state index contributed by atoms with van der Waals surface area (Å²) in [5.74, 6) is -4.34. The summed E-state index contributed by atoms with van der Waals surface area (Å²) in [7, 11) is 0. The van der Waals surface area contributed by atoms with E-state index in [0.29, 0.717) is 19.4 Å². The monoisotopic (exact) mass is 498 g/mol. The SMILES string of the molecule is CC(C)[C@H](N)C(=O)N[C@@H](C)C(=O)N1CCC[C@H]1C(=O)NCC(=O)N[C@H](C(=O)NCC(=O)O)C(C)C. The van der Waals surface area contributed by atoms with Gasteiger partial charge in [-0.1, -0.05) is 27.7 Å². The van der Waals surface area contributed by atoms with E-state index in [2.05, 4.69) is 21.3 Å². The summed E-state index contributed by atoms with van der Waals surface area (Å²) in [6.45, 7) is 7.79. The van der Waals surface area contributed by atoms with Crippen LogP contribution in [0.15, 0.2) is 0 Å². The molecule has 1 fully saturated rings. The standard InChI is InChI=1S/C22H38N6O7/c1-11(2)17(23)20(33)26-13(5)22(35)28-8-6-7-14(28)19(32)24-9-15(29)27-18(12(3)4)21(34)25-10-16(30)31/h11-14,17-18H,6-10,23H2,1-5H3,(H,24,32)(H,25,34)(H,26,33)(H,27,29)(H,30,31)/t13-,14-,17-,18-/m0/s1. The Morgan fingerprint density at radius 1 is 0.914 bits per heavy atom. The summed E-state index contributed by atoms with van der Waals surface area (Å²) in [6, 6.07) is -3.42. The van der Waals surface area contributed by atoms with Crippen LogP contribution in [0.2, 0.25) is 0 Å². The predicted molar refractivity (Wildman–Crippen MR) is 126 cm³/mol. The van der Waals surface area contributed by atoms with Crippen molar-refractivity contribution in [1.29, 1.82) is 0 Å². The number of rotatable bonds is 12. The lowest BCUT2D eigenvalue weighted by atomic mass is 10.0. The highest BCUT2D eigenvalue weighted by atomic mass is 16.4. The molecule has 1 saturated heterocycles. The zero-order valence-electron chi connectivity index (χ0n) is 20.9. The molecule has 0 aromatic heterocycles. The van der Waals surface area contributed by atoms with Gasteiger partial charge in [-0.3, -0.25) is 28.8 Å². The topological polar surface area (TPSA) is 200 Å². The van der Waals surface area contributed by atoms with E-state index in [9.17, 15) is 28.8 Å². The number of amides is 5. The van der Waals surface area contributed by atoms with E-state index in [1.807, 2.05) is 0 Å². The first-order valence-corrected chi connectivity index (χ1v) is 11.7. The van der Waals surface area contributed by atoms with Gasteiger partial charge in [-0.15, -0.1) is 0 Å². The predicted octanol–water partition coefficient (Wildman–Crippen LogP) is -2.08. The number of hydrogen-bond acceptors (Lipinski definition) is 7. The highest BCUT2D eigenvalue weighted by molar-refractivity contribution is 5.95. The normalized spacial score (nSPS) is 17.9. The third-order valence-electron chi connectivity index (χ3n) is 5.69. The van der Waals surface area contributed by atoms with Crippen molar-refractivity contribution in [2.24, 2.45) is 17.6 Å². The lowest BCUT2D eigenvalue weighted by Crippen LogP contribution is -2.56. The first-order chi connectivity index (χ1) is 16.3. The molecule has 198 valence electrons. The van der Waals surface area contributed by atoms with Crippen LogP contribution in [0.4, 0.5) is 0 Å². The van der Waals surface area contributed by atoms with Gasteiger partial charge in [0.25, 0.3) is 0 Å². The van der Waals surface area contributed by atoms with Gasteiger partial charge < -0.3 is 37.0 Å². The Labute approximate surface area is 204 Å². The van der Waals surface area contributed by atoms with Crippen LogP contribution in [0.25, 0.3) is 0 Å². The second-order valence-electron chi connectivity index (χ2n) is 9.31. The molecule has 1 aliphatic rings. The Morgan fingerprint density at radius 3 is 2.09 bits per heavy atom. The van der Waals surface area contributed by atoms with Gasteiger partial charge in [0.1, 0.15) is 24.7 Å². The summed E-state index contributed by atoms with van der Waals surface area (Å²) in [4.78, 5) is 74.2. The van der Waals surface area contributed by atoms with E-state index in [4.69, 9.17) is 10.8 Å². The zero-order chi connectivity index (χ0) is 26.9. The molecule has 0 aliphatic carbocycles. The Morgan fingerprint density at radius 2 is 1.54 bits per heavy atom. The molecule has 0 bridgehead atoms. The van der Waals surface area contributed by atoms with Crippen molar-refractivity contribution in [3.63, 3.8) is 0 Å². The minimum atomic E-state index is -1.22. The van der Waals surface area contributed by atoms with E-state index in [-0.39, 0.29) is 11.8 Å². The third-order valence-corrected chi connectivity index (χ3v) is 5.69. The maximum absolute atomic E-state index is 12.9. The third kappa shape index (κ3) is 9.15. The maximum Gasteiger partial charge on any atom is 0.322 e. The largest absolute Gasteiger partial charge is 0.480 e. The van der Waals surface area contributed by atoms with Gasteiger partial charge >= 0.3 is 5.97 Å². The molecule has 13 nitrogen and oxygen atoms in total. The lowest BCUT2D eigenvalue weighted by molar-refractivity contribution is -0.141. The van der Waals surface area contributed by atoms with Gasteiger partial charge in [-0.2, -0.15) is 0 Å². The quantitative estimate of drug-likeness (QED) is 0.176. The van der Waals surface area contributed by atoms with Gasteiger partial charge in [0.05, 0.1) is 12.6 Å². The molecular weight excluding hydrogens is 460 g/mol. The number of nitrogens with one attached hydrogen (secondary N) is 4. The van der Waals surface area contributed by atoms with Gasteiger partial charge in [-0.25, -0.2) is 0 Å². The molecule has 1 rings (SSSR count). The molecular formula is C22H38N6O7. The van der Waals surface area contributed by atoms with Crippen molar-refractivity contribution in [2.75, 3.05) is 19.6 Å². The highest BCUT2D eigenvalue weighted by Gasteiger charge is 2.37. The van der Waals surface area contributed by atoms with E-state index in [0.717, 1.165) is 0 Å². The highest BCUT2D eigenvalue weighted by Crippen LogP contribution is 2.18. The Hall–Kier alpha value is -3.22. The van der Waals surface area contributed by atoms with E-state index >= 15 is 0 Å². The van der Waals surface area contributed by atoms with Crippen molar-refractivity contribution in [2.45, 2.75) is 71.6 Å². The van der Waals surface area contributed by atoms with E-state index < -0.39 is 72.8 Å². The van der Waals surface area contributed by atoms with Crippen LogP contribution in [0.3, 0.4) is 0 Å². The van der Waals surface area contributed by atoms with Crippen LogP contribution >= 0.6 is 0 Å². The molecule has 13 heteroatoms. The van der Waals surface area contributed by atoms with Crippen LogP contribution in [-0.4, -0.2) is 89.3 Å². The van der Waals surface area contributed by atoms with Gasteiger partial charge in [0, 0.05) is 6.54 Å². The van der Waals surface area contributed by atoms with Crippen LogP contribution in [0, 0.1) is 11.8 Å². The van der Waals surface area contributed by atoms with Crippen molar-refractivity contribution in [3.8, 4) is 0 Å². The first kappa shape index (κ1) is 29.8. The van der Waals surface area contributed by atoms with Crippen LogP contribution in [0.1, 0.15) is 47.5 Å². The Kier molecular flexibility index (Phi) is 11.6. The average molecular weight is 499 g/mol. The second kappa shape index (κ2) is 13.6. The average Bonchev–Trinajstić information content (AvgIpc) is 3.27. The number of nitrogens with two attached hydrogens (primary N) is 1. The minimum Gasteiger partial charge on any atom is -0.480 e. The molecule has 0 saturated carbocycles. The fraction of sp³-hybridized carbons (Fsp3) is 0.727. The number of aliphatic carboxylic acids is 1. The second-order valence-corrected chi connectivity index (χ2v) is 9.31. The fourth-order valence-electron chi connectivity index (χ4n) is 3.54. The van der Waals surface area contributed by atoms with Gasteiger partial charge in [0.15, 0.2) is 0 Å². The molecule has 5 amide bonds. The number of carbonyl (C=O) groups is 6. The molecule has 0 aromatic rings. The summed E-state index contributed by atoms with van der Waals surface area (Å²) in [5, 5.41) is 18.4. The number of hydrogen-bond donors (Lipinski definition) is 6. The molecule has 1 heterocycles. The maximum atomic E-state index is 12.9. The Balaban J connectivity index is 2.66. The lowest BCUT2D eigenvalue weighted by Gasteiger charge is -2.28. The van der Waals surface area contributed by atoms with E-state index in [1.54, 1.807) is 27.7 Å². The first-order valence-electron chi connectivity index (χ1n) is 11.7. The summed E-state index contributed by atoms with van der Waals surface area (Å²) >= 11 is 0. The number of carboxylic acids is 1. The molecule has 4 atom stereocenters. The molecule has 0 unspecified atom stereocenters. The molecule has 35 heavy (non-hydrogen) atoms. The number of carboxylic acid groups (broad SMARTS) is 1. The minimum absolute atomic E-state index is 0.104. The zero-order valence-corrected chi connectivity index (χ0v) is 20.9.